The van der Waals surface area contributed by atoms with E-state index >= 15 is 0 Å². The number of rotatable bonds is 5. The molecule has 0 unspecified atom stereocenters. The highest BCUT2D eigenvalue weighted by atomic mass is 16.5. The monoisotopic (exact) mass is 237 g/mol. The van der Waals surface area contributed by atoms with E-state index in [0.29, 0.717) is 6.54 Å². The van der Waals surface area contributed by atoms with Gasteiger partial charge in [-0.05, 0) is 25.8 Å². The van der Waals surface area contributed by atoms with Crippen LogP contribution in [0.25, 0.3) is 0 Å². The van der Waals surface area contributed by atoms with Gasteiger partial charge < -0.3 is 9.84 Å². The van der Waals surface area contributed by atoms with Gasteiger partial charge in [0.1, 0.15) is 12.0 Å². The number of nitrogens with zero attached hydrogens (tertiary/aromatic N) is 2. The van der Waals surface area contributed by atoms with E-state index < -0.39 is 0 Å². The van der Waals surface area contributed by atoms with Gasteiger partial charge >= 0.3 is 0 Å². The fourth-order valence-electron chi connectivity index (χ4n) is 2.25. The third-order valence-corrected chi connectivity index (χ3v) is 3.08. The SMILES string of the molecule is CCCNC(=O)CN1CCC[C@H]1c1ccon1. The van der Waals surface area contributed by atoms with Crippen molar-refractivity contribution in [2.75, 3.05) is 19.6 Å². The number of likely N-dealkylation sites (tertiary alicyclic amines) is 1. The normalized spacial score (nSPS) is 20.6. The molecular weight excluding hydrogens is 218 g/mol. The van der Waals surface area contributed by atoms with Gasteiger partial charge in [0.25, 0.3) is 0 Å². The number of nitrogens with one attached hydrogen (secondary N) is 1. The summed E-state index contributed by atoms with van der Waals surface area (Å²) in [5.74, 6) is 0.0993. The lowest BCUT2D eigenvalue weighted by Crippen LogP contribution is -2.37. The molecule has 2 rings (SSSR count). The molecule has 0 bridgehead atoms. The number of hydrogen-bond acceptors (Lipinski definition) is 4. The summed E-state index contributed by atoms with van der Waals surface area (Å²) in [5, 5.41) is 6.87. The lowest BCUT2D eigenvalue weighted by molar-refractivity contribution is -0.122. The molecule has 1 saturated heterocycles. The minimum atomic E-state index is 0.0993. The molecule has 5 heteroatoms. The van der Waals surface area contributed by atoms with Crippen LogP contribution < -0.4 is 5.32 Å². The molecule has 0 spiro atoms. The van der Waals surface area contributed by atoms with Crippen LogP contribution in [-0.2, 0) is 4.79 Å². The van der Waals surface area contributed by atoms with Crippen molar-refractivity contribution in [2.45, 2.75) is 32.2 Å². The van der Waals surface area contributed by atoms with Gasteiger partial charge in [-0.25, -0.2) is 0 Å². The topological polar surface area (TPSA) is 58.4 Å². The van der Waals surface area contributed by atoms with E-state index in [0.717, 1.165) is 38.0 Å². The Morgan fingerprint density at radius 3 is 3.29 bits per heavy atom. The zero-order chi connectivity index (χ0) is 12.1. The molecule has 1 aromatic rings. The highest BCUT2D eigenvalue weighted by Crippen LogP contribution is 2.30. The van der Waals surface area contributed by atoms with E-state index in [1.54, 1.807) is 6.26 Å². The van der Waals surface area contributed by atoms with Crippen LogP contribution in [0.1, 0.15) is 37.9 Å². The van der Waals surface area contributed by atoms with Crippen LogP contribution >= 0.6 is 0 Å². The molecule has 1 aliphatic rings. The molecule has 1 aliphatic heterocycles. The Morgan fingerprint density at radius 1 is 1.71 bits per heavy atom. The first-order valence-corrected chi connectivity index (χ1v) is 6.22. The van der Waals surface area contributed by atoms with Gasteiger partial charge in [-0.15, -0.1) is 0 Å². The van der Waals surface area contributed by atoms with Gasteiger partial charge in [-0.2, -0.15) is 0 Å². The van der Waals surface area contributed by atoms with Gasteiger partial charge in [0.05, 0.1) is 12.6 Å². The second kappa shape index (κ2) is 5.82. The Balaban J connectivity index is 1.89. The summed E-state index contributed by atoms with van der Waals surface area (Å²) in [6.45, 7) is 4.21. The van der Waals surface area contributed by atoms with Crippen molar-refractivity contribution < 1.29 is 9.32 Å². The smallest absolute Gasteiger partial charge is 0.234 e. The number of amides is 1. The van der Waals surface area contributed by atoms with E-state index in [9.17, 15) is 4.79 Å². The van der Waals surface area contributed by atoms with E-state index in [4.69, 9.17) is 4.52 Å². The van der Waals surface area contributed by atoms with Crippen molar-refractivity contribution in [2.24, 2.45) is 0 Å². The standard InChI is InChI=1S/C12H19N3O2/c1-2-6-13-12(16)9-15-7-3-4-11(15)10-5-8-17-14-10/h5,8,11H,2-4,6-7,9H2,1H3,(H,13,16)/t11-/m0/s1. The van der Waals surface area contributed by atoms with Gasteiger partial charge in [-0.1, -0.05) is 12.1 Å². The number of carbonyl (C=O) groups excluding carboxylic acids is 1. The van der Waals surface area contributed by atoms with E-state index in [1.165, 1.54) is 0 Å². The van der Waals surface area contributed by atoms with Crippen LogP contribution in [-0.4, -0.2) is 35.6 Å². The largest absolute Gasteiger partial charge is 0.364 e. The summed E-state index contributed by atoms with van der Waals surface area (Å²) < 4.78 is 4.87. The zero-order valence-electron chi connectivity index (χ0n) is 10.2. The molecule has 1 amide bonds. The summed E-state index contributed by atoms with van der Waals surface area (Å²) in [7, 11) is 0. The maximum absolute atomic E-state index is 11.7. The maximum atomic E-state index is 11.7. The predicted molar refractivity (Wildman–Crippen MR) is 63.4 cm³/mol. The van der Waals surface area contributed by atoms with Gasteiger partial charge in [-0.3, -0.25) is 9.69 Å². The molecule has 0 saturated carbocycles. The van der Waals surface area contributed by atoms with Crippen LogP contribution in [0.2, 0.25) is 0 Å². The van der Waals surface area contributed by atoms with Gasteiger partial charge in [0, 0.05) is 12.6 Å². The Morgan fingerprint density at radius 2 is 2.59 bits per heavy atom. The number of carbonyl (C=O) groups is 1. The second-order valence-corrected chi connectivity index (χ2v) is 4.40. The summed E-state index contributed by atoms with van der Waals surface area (Å²) in [5.41, 5.74) is 0.936. The molecule has 1 aromatic heterocycles. The Labute approximate surface area is 101 Å². The third kappa shape index (κ3) is 3.06. The molecule has 0 radical (unpaired) electrons. The third-order valence-electron chi connectivity index (χ3n) is 3.08. The molecule has 0 aromatic carbocycles. The minimum Gasteiger partial charge on any atom is -0.364 e. The van der Waals surface area contributed by atoms with Crippen LogP contribution in [0.15, 0.2) is 16.9 Å². The Hall–Kier alpha value is -1.36. The average molecular weight is 237 g/mol. The van der Waals surface area contributed by atoms with Crippen LogP contribution in [0.4, 0.5) is 0 Å². The molecule has 0 aliphatic carbocycles. The molecule has 1 N–H and O–H groups in total. The number of hydrogen-bond donors (Lipinski definition) is 1. The van der Waals surface area contributed by atoms with Crippen molar-refractivity contribution in [1.82, 2.24) is 15.4 Å². The summed E-state index contributed by atoms with van der Waals surface area (Å²) in [6, 6.07) is 2.12. The molecule has 17 heavy (non-hydrogen) atoms. The molecule has 94 valence electrons. The van der Waals surface area contributed by atoms with Crippen molar-refractivity contribution in [3.05, 3.63) is 18.0 Å². The number of aromatic nitrogens is 1. The van der Waals surface area contributed by atoms with Crippen molar-refractivity contribution in [3.63, 3.8) is 0 Å². The van der Waals surface area contributed by atoms with Gasteiger partial charge in [0.2, 0.25) is 5.91 Å². The molecule has 1 fully saturated rings. The highest BCUT2D eigenvalue weighted by Gasteiger charge is 2.29. The lowest BCUT2D eigenvalue weighted by atomic mass is 10.1. The Kier molecular flexibility index (Phi) is 4.14. The first-order valence-electron chi connectivity index (χ1n) is 6.22. The molecule has 1 atom stereocenters. The first kappa shape index (κ1) is 12.1. The lowest BCUT2D eigenvalue weighted by Gasteiger charge is -2.21. The predicted octanol–water partition coefficient (Wildman–Crippen LogP) is 1.34. The van der Waals surface area contributed by atoms with Crippen molar-refractivity contribution >= 4 is 5.91 Å². The molecular formula is C12H19N3O2. The van der Waals surface area contributed by atoms with E-state index in [2.05, 4.69) is 15.4 Å². The van der Waals surface area contributed by atoms with Crippen LogP contribution in [0.5, 0.6) is 0 Å². The fourth-order valence-corrected chi connectivity index (χ4v) is 2.25. The average Bonchev–Trinajstić information content (AvgIpc) is 2.95. The van der Waals surface area contributed by atoms with Crippen LogP contribution in [0.3, 0.4) is 0 Å². The van der Waals surface area contributed by atoms with E-state index in [1.807, 2.05) is 13.0 Å². The molecule has 5 nitrogen and oxygen atoms in total. The quantitative estimate of drug-likeness (QED) is 0.839. The maximum Gasteiger partial charge on any atom is 0.234 e. The summed E-state index contributed by atoms with van der Waals surface area (Å²) >= 11 is 0. The second-order valence-electron chi connectivity index (χ2n) is 4.40. The minimum absolute atomic E-state index is 0.0993. The summed E-state index contributed by atoms with van der Waals surface area (Å²) in [4.78, 5) is 13.8. The van der Waals surface area contributed by atoms with Crippen LogP contribution in [0, 0.1) is 0 Å². The van der Waals surface area contributed by atoms with Gasteiger partial charge in [0.15, 0.2) is 0 Å². The first-order chi connectivity index (χ1) is 8.31. The van der Waals surface area contributed by atoms with E-state index in [-0.39, 0.29) is 11.9 Å². The molecule has 2 heterocycles. The summed E-state index contributed by atoms with van der Waals surface area (Å²) in [6.07, 6.45) is 4.72. The fraction of sp³-hybridized carbons (Fsp3) is 0.667. The Bertz CT molecular complexity index is 351. The van der Waals surface area contributed by atoms with Crippen molar-refractivity contribution in [3.8, 4) is 0 Å². The zero-order valence-corrected chi connectivity index (χ0v) is 10.2. The highest BCUT2D eigenvalue weighted by molar-refractivity contribution is 5.78. The van der Waals surface area contributed by atoms with Crippen molar-refractivity contribution in [1.29, 1.82) is 0 Å².